The van der Waals surface area contributed by atoms with Gasteiger partial charge in [-0.1, -0.05) is 44.2 Å². The van der Waals surface area contributed by atoms with Crippen LogP contribution in [-0.2, 0) is 25.8 Å². The second-order valence-electron chi connectivity index (χ2n) is 5.09. The Kier molecular flexibility index (Phi) is 5.14. The van der Waals surface area contributed by atoms with Crippen molar-refractivity contribution in [1.29, 1.82) is 0 Å². The van der Waals surface area contributed by atoms with E-state index in [2.05, 4.69) is 67.2 Å². The normalized spacial score (nSPS) is 10.6. The molecule has 1 heterocycles. The molecule has 0 aliphatic rings. The van der Waals surface area contributed by atoms with Gasteiger partial charge in [-0.05, 0) is 30.9 Å². The fraction of sp³-hybridized carbons (Fsp3) is 0.389. The van der Waals surface area contributed by atoms with Crippen LogP contribution in [-0.4, -0.2) is 0 Å². The molecule has 2 rings (SSSR count). The lowest BCUT2D eigenvalue weighted by Crippen LogP contribution is -2.34. The number of hydrogen-bond acceptors (Lipinski definition) is 0. The van der Waals surface area contributed by atoms with E-state index in [9.17, 15) is 0 Å². The summed E-state index contributed by atoms with van der Waals surface area (Å²) in [4.78, 5) is 0. The van der Waals surface area contributed by atoms with Gasteiger partial charge < -0.3 is 0 Å². The summed E-state index contributed by atoms with van der Waals surface area (Å²) in [5.41, 5.74) is 4.32. The zero-order valence-electron chi connectivity index (χ0n) is 12.1. The highest BCUT2D eigenvalue weighted by atomic mass is 14.9. The minimum Gasteiger partial charge on any atom is -0.205 e. The number of pyridine rings is 1. The van der Waals surface area contributed by atoms with Gasteiger partial charge in [-0.3, -0.25) is 0 Å². The van der Waals surface area contributed by atoms with Gasteiger partial charge in [0, 0.05) is 17.5 Å². The predicted octanol–water partition coefficient (Wildman–Crippen LogP) is 3.73. The molecule has 0 unspecified atom stereocenters. The molecule has 1 nitrogen and oxygen atoms in total. The average molecular weight is 254 g/mol. The number of hydrogen-bond donors (Lipinski definition) is 0. The van der Waals surface area contributed by atoms with E-state index in [1.54, 1.807) is 0 Å². The summed E-state index contributed by atoms with van der Waals surface area (Å²) < 4.78 is 2.36. The van der Waals surface area contributed by atoms with Crippen LogP contribution in [0.2, 0.25) is 0 Å². The van der Waals surface area contributed by atoms with Crippen LogP contribution in [0, 0.1) is 0 Å². The van der Waals surface area contributed by atoms with Crippen molar-refractivity contribution in [3.05, 3.63) is 65.5 Å². The molecule has 0 aliphatic heterocycles. The van der Waals surface area contributed by atoms with Gasteiger partial charge in [0.25, 0.3) is 0 Å². The van der Waals surface area contributed by atoms with E-state index in [0.717, 1.165) is 25.8 Å². The van der Waals surface area contributed by atoms with E-state index in [1.807, 2.05) is 0 Å². The standard InChI is InChI=1S/C18H24N/c1-3-16-13-17(4-2)15-19(14-16)12-8-11-18-9-6-5-7-10-18/h5-7,9-10,13-15H,3-4,8,11-12H2,1-2H3/q+1. The topological polar surface area (TPSA) is 3.88 Å². The van der Waals surface area contributed by atoms with Crippen LogP contribution in [0.1, 0.15) is 37.0 Å². The van der Waals surface area contributed by atoms with Gasteiger partial charge in [0.1, 0.15) is 6.54 Å². The largest absolute Gasteiger partial charge is 0.205 e. The van der Waals surface area contributed by atoms with Crippen molar-refractivity contribution in [2.75, 3.05) is 0 Å². The van der Waals surface area contributed by atoms with Crippen LogP contribution in [0.4, 0.5) is 0 Å². The Labute approximate surface area is 116 Å². The summed E-state index contributed by atoms with van der Waals surface area (Å²) in [6, 6.07) is 13.1. The molecule has 0 saturated carbocycles. The third-order valence-corrected chi connectivity index (χ3v) is 3.58. The quantitative estimate of drug-likeness (QED) is 0.692. The maximum atomic E-state index is 2.36. The molecule has 19 heavy (non-hydrogen) atoms. The Bertz CT molecular complexity index is 480. The second kappa shape index (κ2) is 7.08. The minimum atomic E-state index is 1.11. The van der Waals surface area contributed by atoms with Crippen molar-refractivity contribution in [2.24, 2.45) is 0 Å². The van der Waals surface area contributed by atoms with E-state index in [-0.39, 0.29) is 0 Å². The molecule has 0 amide bonds. The summed E-state index contributed by atoms with van der Waals surface area (Å²) in [6.07, 6.45) is 9.18. The molecule has 0 atom stereocenters. The Balaban J connectivity index is 1.95. The third kappa shape index (κ3) is 4.20. The van der Waals surface area contributed by atoms with Crippen LogP contribution >= 0.6 is 0 Å². The SMILES string of the molecule is CCc1cc(CC)c[n+](CCCc2ccccc2)c1. The second-order valence-corrected chi connectivity index (χ2v) is 5.09. The Morgan fingerprint density at radius 1 is 0.842 bits per heavy atom. The zero-order chi connectivity index (χ0) is 13.5. The van der Waals surface area contributed by atoms with E-state index < -0.39 is 0 Å². The fourth-order valence-corrected chi connectivity index (χ4v) is 2.40. The number of rotatable bonds is 6. The first kappa shape index (κ1) is 13.8. The summed E-state index contributed by atoms with van der Waals surface area (Å²) in [5.74, 6) is 0. The first-order chi connectivity index (χ1) is 9.31. The maximum Gasteiger partial charge on any atom is 0.171 e. The van der Waals surface area contributed by atoms with Crippen LogP contribution in [0.25, 0.3) is 0 Å². The molecule has 2 aromatic rings. The smallest absolute Gasteiger partial charge is 0.171 e. The predicted molar refractivity (Wildman–Crippen MR) is 80.2 cm³/mol. The van der Waals surface area contributed by atoms with Crippen LogP contribution in [0.3, 0.4) is 0 Å². The molecule has 100 valence electrons. The molecule has 0 saturated heterocycles. The number of aromatic nitrogens is 1. The highest BCUT2D eigenvalue weighted by Gasteiger charge is 2.05. The minimum absolute atomic E-state index is 1.11. The van der Waals surface area contributed by atoms with E-state index in [0.29, 0.717) is 0 Å². The lowest BCUT2D eigenvalue weighted by molar-refractivity contribution is -0.698. The Hall–Kier alpha value is -1.63. The number of benzene rings is 1. The molecule has 0 fully saturated rings. The summed E-state index contributed by atoms with van der Waals surface area (Å²) in [7, 11) is 0. The molecule has 0 aliphatic carbocycles. The zero-order valence-corrected chi connectivity index (χ0v) is 12.1. The van der Waals surface area contributed by atoms with Crippen molar-refractivity contribution in [3.63, 3.8) is 0 Å². The molecular weight excluding hydrogens is 230 g/mol. The molecule has 0 radical (unpaired) electrons. The van der Waals surface area contributed by atoms with Gasteiger partial charge >= 0.3 is 0 Å². The van der Waals surface area contributed by atoms with Gasteiger partial charge in [-0.2, -0.15) is 0 Å². The van der Waals surface area contributed by atoms with Crippen LogP contribution < -0.4 is 4.57 Å². The first-order valence-electron chi connectivity index (χ1n) is 7.37. The molecule has 1 aromatic heterocycles. The summed E-state index contributed by atoms with van der Waals surface area (Å²) >= 11 is 0. The van der Waals surface area contributed by atoms with Gasteiger partial charge in [-0.15, -0.1) is 0 Å². The van der Waals surface area contributed by atoms with Gasteiger partial charge in [0.05, 0.1) is 0 Å². The van der Waals surface area contributed by atoms with Crippen molar-refractivity contribution in [1.82, 2.24) is 0 Å². The van der Waals surface area contributed by atoms with Crippen LogP contribution in [0.5, 0.6) is 0 Å². The van der Waals surface area contributed by atoms with Crippen molar-refractivity contribution < 1.29 is 4.57 Å². The Morgan fingerprint density at radius 2 is 1.47 bits per heavy atom. The van der Waals surface area contributed by atoms with E-state index >= 15 is 0 Å². The molecular formula is C18H24N+. The van der Waals surface area contributed by atoms with E-state index in [1.165, 1.54) is 23.1 Å². The van der Waals surface area contributed by atoms with Crippen molar-refractivity contribution in [2.45, 2.75) is 46.1 Å². The van der Waals surface area contributed by atoms with Crippen LogP contribution in [0.15, 0.2) is 48.8 Å². The highest BCUT2D eigenvalue weighted by molar-refractivity contribution is 5.15. The van der Waals surface area contributed by atoms with Gasteiger partial charge in [0.2, 0.25) is 0 Å². The number of aryl methyl sites for hydroxylation is 4. The molecule has 0 N–H and O–H groups in total. The van der Waals surface area contributed by atoms with Crippen molar-refractivity contribution >= 4 is 0 Å². The summed E-state index contributed by atoms with van der Waals surface area (Å²) in [6.45, 7) is 5.56. The highest BCUT2D eigenvalue weighted by Crippen LogP contribution is 2.05. The molecule has 0 bridgehead atoms. The molecule has 1 aromatic carbocycles. The van der Waals surface area contributed by atoms with E-state index in [4.69, 9.17) is 0 Å². The van der Waals surface area contributed by atoms with Gasteiger partial charge in [-0.25, -0.2) is 4.57 Å². The lowest BCUT2D eigenvalue weighted by atomic mass is 10.1. The molecule has 0 spiro atoms. The lowest BCUT2D eigenvalue weighted by Gasteiger charge is -2.03. The van der Waals surface area contributed by atoms with Crippen molar-refractivity contribution in [3.8, 4) is 0 Å². The fourth-order valence-electron chi connectivity index (χ4n) is 2.40. The van der Waals surface area contributed by atoms with Gasteiger partial charge in [0.15, 0.2) is 12.4 Å². The summed E-state index contributed by atoms with van der Waals surface area (Å²) in [5, 5.41) is 0. The number of nitrogens with zero attached hydrogens (tertiary/aromatic N) is 1. The maximum absolute atomic E-state index is 2.36. The average Bonchev–Trinajstić information content (AvgIpc) is 2.48. The monoisotopic (exact) mass is 254 g/mol. The first-order valence-corrected chi connectivity index (χ1v) is 7.37. The third-order valence-electron chi connectivity index (χ3n) is 3.58. The molecule has 1 heteroatoms. The Morgan fingerprint density at radius 3 is 2.05 bits per heavy atom.